The molecule has 0 saturated heterocycles. The van der Waals surface area contributed by atoms with Crippen molar-refractivity contribution in [1.29, 1.82) is 0 Å². The third-order valence-electron chi connectivity index (χ3n) is 4.12. The van der Waals surface area contributed by atoms with E-state index in [1.807, 2.05) is 0 Å². The normalized spacial score (nSPS) is 27.8. The molecule has 5 nitrogen and oxygen atoms in total. The van der Waals surface area contributed by atoms with E-state index in [-0.39, 0.29) is 12.5 Å². The van der Waals surface area contributed by atoms with Crippen molar-refractivity contribution in [2.75, 3.05) is 6.61 Å². The Kier molecular flexibility index (Phi) is 4.92. The summed E-state index contributed by atoms with van der Waals surface area (Å²) in [7, 11) is 0. The molecule has 8 heteroatoms. The van der Waals surface area contributed by atoms with Crippen molar-refractivity contribution in [3.05, 3.63) is 0 Å². The van der Waals surface area contributed by atoms with Crippen LogP contribution >= 0.6 is 0 Å². The van der Waals surface area contributed by atoms with Gasteiger partial charge in [-0.25, -0.2) is 4.79 Å². The zero-order valence-corrected chi connectivity index (χ0v) is 12.2. The molecule has 21 heavy (non-hydrogen) atoms. The second-order valence-corrected chi connectivity index (χ2v) is 5.74. The Morgan fingerprint density at radius 3 is 2.33 bits per heavy atom. The third-order valence-corrected chi connectivity index (χ3v) is 4.12. The molecule has 0 aromatic carbocycles. The Morgan fingerprint density at radius 2 is 1.95 bits per heavy atom. The van der Waals surface area contributed by atoms with Crippen LogP contribution in [0.2, 0.25) is 0 Å². The maximum Gasteiger partial charge on any atom is 0.389 e. The molecule has 1 aliphatic rings. The van der Waals surface area contributed by atoms with Crippen LogP contribution < -0.4 is 5.32 Å². The first-order chi connectivity index (χ1) is 9.46. The van der Waals surface area contributed by atoms with Crippen molar-refractivity contribution in [3.63, 3.8) is 0 Å². The molecule has 0 spiro atoms. The van der Waals surface area contributed by atoms with Crippen molar-refractivity contribution >= 4 is 11.9 Å². The highest BCUT2D eigenvalue weighted by Crippen LogP contribution is 2.51. The topological polar surface area (TPSA) is 75.6 Å². The number of hydrogen-bond acceptors (Lipinski definition) is 3. The number of aliphatic carboxylic acids is 1. The lowest BCUT2D eigenvalue weighted by atomic mass is 9.54. The summed E-state index contributed by atoms with van der Waals surface area (Å²) >= 11 is 0. The van der Waals surface area contributed by atoms with Gasteiger partial charge in [-0.2, -0.15) is 13.2 Å². The number of rotatable bonds is 6. The molecule has 0 radical (unpaired) electrons. The second kappa shape index (κ2) is 5.82. The zero-order valence-electron chi connectivity index (χ0n) is 12.2. The number of carboxylic acids is 1. The molecule has 0 heterocycles. The van der Waals surface area contributed by atoms with Gasteiger partial charge < -0.3 is 15.2 Å². The number of alkyl halides is 3. The molecule has 2 atom stereocenters. The van der Waals surface area contributed by atoms with Crippen molar-refractivity contribution < 1.29 is 32.6 Å². The lowest BCUT2D eigenvalue weighted by Gasteiger charge is -2.58. The first-order valence-electron chi connectivity index (χ1n) is 6.69. The van der Waals surface area contributed by atoms with Crippen molar-refractivity contribution in [3.8, 4) is 0 Å². The Labute approximate surface area is 120 Å². The van der Waals surface area contributed by atoms with E-state index in [1.54, 1.807) is 20.8 Å². The minimum absolute atomic E-state index is 0.0426. The van der Waals surface area contributed by atoms with Gasteiger partial charge in [0, 0.05) is 24.9 Å². The predicted molar refractivity (Wildman–Crippen MR) is 67.6 cm³/mol. The quantitative estimate of drug-likeness (QED) is 0.788. The molecular weight excluding hydrogens is 291 g/mol. The molecule has 2 N–H and O–H groups in total. The van der Waals surface area contributed by atoms with Crippen LogP contribution in [0.25, 0.3) is 0 Å². The lowest BCUT2D eigenvalue weighted by molar-refractivity contribution is -0.195. The van der Waals surface area contributed by atoms with Crippen LogP contribution in [0.4, 0.5) is 13.2 Å². The van der Waals surface area contributed by atoms with E-state index in [0.29, 0.717) is 6.61 Å². The summed E-state index contributed by atoms with van der Waals surface area (Å²) in [6.45, 7) is 5.40. The summed E-state index contributed by atoms with van der Waals surface area (Å²) in [5.41, 5.74) is -2.49. The third kappa shape index (κ3) is 3.48. The number of ether oxygens (including phenoxy) is 1. The fourth-order valence-corrected chi connectivity index (χ4v) is 2.59. The number of carboxylic acid groups (broad SMARTS) is 1. The average Bonchev–Trinajstić information content (AvgIpc) is 2.33. The van der Waals surface area contributed by atoms with Crippen LogP contribution in [-0.4, -0.2) is 41.4 Å². The number of halogens is 3. The van der Waals surface area contributed by atoms with Gasteiger partial charge in [-0.1, -0.05) is 13.8 Å². The minimum Gasteiger partial charge on any atom is -0.479 e. The molecule has 0 aromatic heterocycles. The van der Waals surface area contributed by atoms with Gasteiger partial charge in [0.15, 0.2) is 0 Å². The van der Waals surface area contributed by atoms with E-state index in [2.05, 4.69) is 5.32 Å². The highest BCUT2D eigenvalue weighted by atomic mass is 19.4. The van der Waals surface area contributed by atoms with E-state index in [9.17, 15) is 27.9 Å². The van der Waals surface area contributed by atoms with Crippen LogP contribution in [0.3, 0.4) is 0 Å². The minimum atomic E-state index is -4.45. The standard InChI is InChI=1S/C13H20F3NO4/c1-4-21-8-7-12(10(19)20,11(8,2)3)17-9(18)5-6-13(14,15)16/h8H,4-7H2,1-3H3,(H,17,18)(H,19,20). The fourth-order valence-electron chi connectivity index (χ4n) is 2.59. The smallest absolute Gasteiger partial charge is 0.389 e. The largest absolute Gasteiger partial charge is 0.479 e. The summed E-state index contributed by atoms with van der Waals surface area (Å²) in [4.78, 5) is 23.2. The van der Waals surface area contributed by atoms with Crippen molar-refractivity contribution in [1.82, 2.24) is 5.32 Å². The molecule has 0 bridgehead atoms. The van der Waals surface area contributed by atoms with Crippen molar-refractivity contribution in [2.24, 2.45) is 5.41 Å². The second-order valence-electron chi connectivity index (χ2n) is 5.74. The summed E-state index contributed by atoms with van der Waals surface area (Å²) in [6, 6.07) is 0. The van der Waals surface area contributed by atoms with Crippen LogP contribution in [0.1, 0.15) is 40.0 Å². The molecule has 1 amide bonds. The highest BCUT2D eigenvalue weighted by molar-refractivity contribution is 5.89. The first-order valence-corrected chi connectivity index (χ1v) is 6.69. The predicted octanol–water partition coefficient (Wildman–Crippen LogP) is 2.10. The van der Waals surface area contributed by atoms with Crippen LogP contribution in [-0.2, 0) is 14.3 Å². The number of amides is 1. The van der Waals surface area contributed by atoms with Crippen LogP contribution in [0.15, 0.2) is 0 Å². The van der Waals surface area contributed by atoms with E-state index in [0.717, 1.165) is 0 Å². The molecule has 0 aliphatic heterocycles. The Hall–Kier alpha value is -1.31. The molecule has 0 aromatic rings. The van der Waals surface area contributed by atoms with Gasteiger partial charge in [0.25, 0.3) is 0 Å². The zero-order chi connectivity index (χ0) is 16.5. The van der Waals surface area contributed by atoms with E-state index in [1.165, 1.54) is 0 Å². The van der Waals surface area contributed by atoms with E-state index < -0.39 is 41.8 Å². The number of carbonyl (C=O) groups is 2. The van der Waals surface area contributed by atoms with Gasteiger partial charge in [0.2, 0.25) is 5.91 Å². The van der Waals surface area contributed by atoms with Crippen LogP contribution in [0, 0.1) is 5.41 Å². The molecule has 122 valence electrons. The summed E-state index contributed by atoms with van der Waals surface area (Å²) in [5, 5.41) is 11.7. The molecule has 1 saturated carbocycles. The molecule has 1 rings (SSSR count). The van der Waals surface area contributed by atoms with Gasteiger partial charge in [-0.05, 0) is 6.92 Å². The van der Waals surface area contributed by atoms with Gasteiger partial charge >= 0.3 is 12.1 Å². The summed E-state index contributed by atoms with van der Waals surface area (Å²) < 4.78 is 41.7. The van der Waals surface area contributed by atoms with Crippen molar-refractivity contribution in [2.45, 2.75) is 57.9 Å². The Morgan fingerprint density at radius 1 is 1.38 bits per heavy atom. The monoisotopic (exact) mass is 311 g/mol. The molecule has 1 fully saturated rings. The summed E-state index contributed by atoms with van der Waals surface area (Å²) in [6.07, 6.45) is -6.82. The van der Waals surface area contributed by atoms with Gasteiger partial charge in [-0.15, -0.1) is 0 Å². The maximum atomic E-state index is 12.1. The summed E-state index contributed by atoms with van der Waals surface area (Å²) in [5.74, 6) is -2.18. The van der Waals surface area contributed by atoms with Gasteiger partial charge in [-0.3, -0.25) is 4.79 Å². The Balaban J connectivity index is 2.76. The highest BCUT2D eigenvalue weighted by Gasteiger charge is 2.66. The van der Waals surface area contributed by atoms with E-state index in [4.69, 9.17) is 4.74 Å². The lowest BCUT2D eigenvalue weighted by Crippen LogP contribution is -2.76. The molecule has 1 aliphatic carbocycles. The average molecular weight is 311 g/mol. The Bertz CT molecular complexity index is 422. The number of hydrogen-bond donors (Lipinski definition) is 2. The van der Waals surface area contributed by atoms with Gasteiger partial charge in [0.05, 0.1) is 12.5 Å². The van der Waals surface area contributed by atoms with Gasteiger partial charge in [0.1, 0.15) is 5.54 Å². The van der Waals surface area contributed by atoms with Crippen LogP contribution in [0.5, 0.6) is 0 Å². The number of nitrogens with one attached hydrogen (secondary N) is 1. The molecular formula is C13H20F3NO4. The molecule has 2 unspecified atom stereocenters. The first kappa shape index (κ1) is 17.7. The number of carbonyl (C=O) groups excluding carboxylic acids is 1. The maximum absolute atomic E-state index is 12.1. The van der Waals surface area contributed by atoms with E-state index >= 15 is 0 Å². The SMILES string of the molecule is CCOC1CC(NC(=O)CCC(F)(F)F)(C(=O)O)C1(C)C. The fraction of sp³-hybridized carbons (Fsp3) is 0.846.